The molecule has 0 atom stereocenters. The van der Waals surface area contributed by atoms with Crippen molar-refractivity contribution >= 4 is 82.4 Å². The molecule has 0 saturated carbocycles. The second-order valence-corrected chi connectivity index (χ2v) is 13.0. The molecule has 7 N–H and O–H groups in total. The molecule has 0 saturated heterocycles. The lowest BCUT2D eigenvalue weighted by atomic mass is 10.1. The van der Waals surface area contributed by atoms with E-state index in [4.69, 9.17) is 20.9 Å². The number of benzene rings is 2. The highest BCUT2D eigenvalue weighted by atomic mass is 35.5. The van der Waals surface area contributed by atoms with Crippen LogP contribution in [0.2, 0.25) is 0 Å². The molecule has 4 heterocycles. The Morgan fingerprint density at radius 2 is 1.17 bits per heavy atom. The van der Waals surface area contributed by atoms with Crippen LogP contribution in [0.15, 0.2) is 48.6 Å². The highest BCUT2D eigenvalue weighted by Gasteiger charge is 2.23. The van der Waals surface area contributed by atoms with Crippen LogP contribution in [0.5, 0.6) is 11.5 Å². The molecule has 4 amide bonds. The third-order valence-electron chi connectivity index (χ3n) is 9.02. The van der Waals surface area contributed by atoms with E-state index >= 15 is 0 Å². The fraction of sp³-hybridized carbons (Fsp3) is 0.316. The Labute approximate surface area is 350 Å². The Kier molecular flexibility index (Phi) is 14.8. The minimum atomic E-state index is -0.700. The lowest BCUT2D eigenvalue weighted by molar-refractivity contribution is 0.0991. The Hall–Kier alpha value is -6.44. The third-order valence-corrected chi connectivity index (χ3v) is 9.02. The Balaban J connectivity index is 0.00000384. The number of allylic oxidation sites excluding steroid dienone is 2. The number of fused-ring (bicyclic) bond motifs is 2. The van der Waals surface area contributed by atoms with E-state index in [9.17, 15) is 24.3 Å². The van der Waals surface area contributed by atoms with Crippen molar-refractivity contribution in [2.75, 3.05) is 31.0 Å². The fourth-order valence-corrected chi connectivity index (χ4v) is 6.43. The second kappa shape index (κ2) is 19.3. The van der Waals surface area contributed by atoms with Crippen LogP contribution in [0, 0.1) is 13.8 Å². The van der Waals surface area contributed by atoms with E-state index in [0.29, 0.717) is 70.1 Å². The maximum atomic E-state index is 13.6. The number of amides is 4. The molecule has 6 aromatic rings. The Morgan fingerprint density at radius 3 is 1.58 bits per heavy atom. The monoisotopic (exact) mass is 852 g/mol. The van der Waals surface area contributed by atoms with E-state index in [1.807, 2.05) is 26.0 Å². The number of aryl methyl sites for hydroxylation is 4. The first-order valence-corrected chi connectivity index (χ1v) is 18.2. The van der Waals surface area contributed by atoms with Crippen molar-refractivity contribution < 1.29 is 33.8 Å². The van der Waals surface area contributed by atoms with Gasteiger partial charge in [0.1, 0.15) is 33.9 Å². The maximum Gasteiger partial charge on any atom is 0.276 e. The number of nitrogens with two attached hydrogens (primary N) is 2. The summed E-state index contributed by atoms with van der Waals surface area (Å²) in [5.41, 5.74) is 15.2. The van der Waals surface area contributed by atoms with Gasteiger partial charge in [0.2, 0.25) is 23.7 Å². The number of aromatic nitrogens is 8. The van der Waals surface area contributed by atoms with Gasteiger partial charge in [0, 0.05) is 50.3 Å². The van der Waals surface area contributed by atoms with Crippen LogP contribution in [0.25, 0.3) is 22.1 Å². The largest absolute Gasteiger partial charge is 0.494 e. The van der Waals surface area contributed by atoms with Gasteiger partial charge in [-0.25, -0.2) is 9.97 Å². The van der Waals surface area contributed by atoms with E-state index < -0.39 is 23.6 Å². The number of aliphatic hydroxyl groups excluding tert-OH is 1. The quantitative estimate of drug-likeness (QED) is 0.0647. The van der Waals surface area contributed by atoms with Crippen LogP contribution >= 0.6 is 24.8 Å². The van der Waals surface area contributed by atoms with Gasteiger partial charge in [-0.3, -0.25) is 39.2 Å². The van der Waals surface area contributed by atoms with Gasteiger partial charge in [0.05, 0.1) is 36.1 Å². The number of ether oxygens (including phenoxy) is 2. The maximum absolute atomic E-state index is 13.6. The number of nitrogens with one attached hydrogen (secondary N) is 2. The average molecular weight is 854 g/mol. The predicted molar refractivity (Wildman–Crippen MR) is 225 cm³/mol. The molecule has 21 heteroatoms. The first kappa shape index (κ1) is 45.3. The summed E-state index contributed by atoms with van der Waals surface area (Å²) < 4.78 is 18.3. The van der Waals surface area contributed by atoms with Crippen molar-refractivity contribution in [2.45, 2.75) is 60.3 Å². The number of anilines is 2. The highest BCUT2D eigenvalue weighted by molar-refractivity contribution is 6.05. The second-order valence-electron chi connectivity index (χ2n) is 13.0. The van der Waals surface area contributed by atoms with Crippen molar-refractivity contribution in [3.63, 3.8) is 0 Å². The molecule has 2 aromatic carbocycles. The lowest BCUT2D eigenvalue weighted by Crippen LogP contribution is -2.20. The summed E-state index contributed by atoms with van der Waals surface area (Å²) in [5.74, 6) is -1.38. The molecule has 314 valence electrons. The van der Waals surface area contributed by atoms with Crippen LogP contribution in [0.4, 0.5) is 11.9 Å². The number of methoxy groups -OCH3 is 1. The van der Waals surface area contributed by atoms with Crippen molar-refractivity contribution in [2.24, 2.45) is 11.5 Å². The molecule has 0 bridgehead atoms. The van der Waals surface area contributed by atoms with Crippen LogP contribution in [-0.4, -0.2) is 87.7 Å². The van der Waals surface area contributed by atoms with Gasteiger partial charge in [-0.05, 0) is 64.1 Å². The van der Waals surface area contributed by atoms with Gasteiger partial charge in [0.25, 0.3) is 11.8 Å². The average Bonchev–Trinajstić information content (AvgIpc) is 3.95. The number of carbonyl (C=O) groups excluding carboxylic acids is 4. The number of imidazole rings is 2. The van der Waals surface area contributed by atoms with Crippen molar-refractivity contribution in [3.05, 3.63) is 82.5 Å². The van der Waals surface area contributed by atoms with E-state index in [2.05, 4.69) is 30.8 Å². The number of halogens is 2. The summed E-state index contributed by atoms with van der Waals surface area (Å²) in [4.78, 5) is 61.1. The summed E-state index contributed by atoms with van der Waals surface area (Å²) in [6.07, 6.45) is 3.95. The van der Waals surface area contributed by atoms with Gasteiger partial charge >= 0.3 is 0 Å². The molecular weight excluding hydrogens is 807 g/mol. The highest BCUT2D eigenvalue weighted by Crippen LogP contribution is 2.33. The number of aliphatic hydroxyl groups is 1. The number of rotatable bonds is 17. The van der Waals surface area contributed by atoms with Crippen molar-refractivity contribution in [1.29, 1.82) is 0 Å². The third kappa shape index (κ3) is 9.48. The Bertz CT molecular complexity index is 2550. The molecule has 6 rings (SSSR count). The molecule has 0 aliphatic heterocycles. The van der Waals surface area contributed by atoms with Gasteiger partial charge in [-0.2, -0.15) is 10.2 Å². The number of carbonyl (C=O) groups is 4. The lowest BCUT2D eigenvalue weighted by Gasteiger charge is -2.13. The molecule has 0 fully saturated rings. The summed E-state index contributed by atoms with van der Waals surface area (Å²) in [6, 6.07) is 9.38. The summed E-state index contributed by atoms with van der Waals surface area (Å²) >= 11 is 0. The minimum absolute atomic E-state index is 0. The fourth-order valence-electron chi connectivity index (χ4n) is 6.43. The number of hydrogen-bond donors (Lipinski definition) is 5. The zero-order chi connectivity index (χ0) is 41.0. The first-order chi connectivity index (χ1) is 27.4. The molecule has 0 radical (unpaired) electrons. The van der Waals surface area contributed by atoms with Crippen LogP contribution in [0.3, 0.4) is 0 Å². The van der Waals surface area contributed by atoms with E-state index in [0.717, 1.165) is 0 Å². The van der Waals surface area contributed by atoms with Crippen molar-refractivity contribution in [1.82, 2.24) is 38.7 Å². The molecule has 4 aromatic heterocycles. The van der Waals surface area contributed by atoms with Gasteiger partial charge in [-0.15, -0.1) is 24.8 Å². The van der Waals surface area contributed by atoms with Gasteiger partial charge in [-0.1, -0.05) is 12.2 Å². The number of primary amides is 2. The summed E-state index contributed by atoms with van der Waals surface area (Å²) in [7, 11) is 1.45. The zero-order valence-corrected chi connectivity index (χ0v) is 34.6. The Morgan fingerprint density at radius 1 is 0.729 bits per heavy atom. The smallest absolute Gasteiger partial charge is 0.276 e. The van der Waals surface area contributed by atoms with Gasteiger partial charge < -0.3 is 35.2 Å². The zero-order valence-electron chi connectivity index (χ0n) is 33.0. The SMILES string of the molecule is CCn1nc(C)cc1C(=O)Nc1nc2cc(C(N)=O)cc(OC)c2n1C/C=C/Cn1c(NC(=O)c2cc(C)nn2CC)nc2cc(C(N)=O)cc(OCCCO)c21.Cl.Cl. The summed E-state index contributed by atoms with van der Waals surface area (Å²) in [5, 5.41) is 24.0. The number of nitrogens with zero attached hydrogens (tertiary/aromatic N) is 8. The standard InChI is InChI=1S/C38H44N12O7.2ClH/c1-6-49-27(15-21(3)45-49)35(54)43-37-41-25-17-23(33(39)52)19-29(56-5)31(25)47(37)11-8-9-12-48-32-26(18-24(34(40)53)20-30(32)57-14-10-13-51)42-38(48)44-36(55)28-16-22(4)46-50(28)7-2;;/h8-9,15-20,51H,6-7,10-14H2,1-5H3,(H2,39,52)(H2,40,53)(H,41,43,54)(H,42,44,55);2*1H/b9-8+;;. The molecule has 19 nitrogen and oxygen atoms in total. The van der Waals surface area contributed by atoms with Crippen LogP contribution in [0.1, 0.15) is 73.3 Å². The molecule has 0 spiro atoms. The topological polar surface area (TPSA) is 254 Å². The normalized spacial score (nSPS) is 11.1. The van der Waals surface area contributed by atoms with E-state index in [-0.39, 0.29) is 79.9 Å². The molecule has 59 heavy (non-hydrogen) atoms. The van der Waals surface area contributed by atoms with Gasteiger partial charge in [0.15, 0.2) is 0 Å². The van der Waals surface area contributed by atoms with E-state index in [1.165, 1.54) is 31.4 Å². The first-order valence-electron chi connectivity index (χ1n) is 18.2. The van der Waals surface area contributed by atoms with Crippen LogP contribution < -0.4 is 31.6 Å². The van der Waals surface area contributed by atoms with Crippen LogP contribution in [-0.2, 0) is 26.2 Å². The predicted octanol–water partition coefficient (Wildman–Crippen LogP) is 4.01. The molecule has 0 aliphatic rings. The number of hydrogen-bond acceptors (Lipinski definition) is 11. The van der Waals surface area contributed by atoms with Crippen molar-refractivity contribution in [3.8, 4) is 11.5 Å². The molecular formula is C38H46Cl2N12O7. The van der Waals surface area contributed by atoms with E-state index in [1.54, 1.807) is 44.5 Å². The summed E-state index contributed by atoms with van der Waals surface area (Å²) in [6.45, 7) is 8.56. The molecule has 0 unspecified atom stereocenters. The minimum Gasteiger partial charge on any atom is -0.494 e. The molecule has 0 aliphatic carbocycles.